The Bertz CT molecular complexity index is 443. The second-order valence-electron chi connectivity index (χ2n) is 5.75. The molecule has 0 amide bonds. The summed E-state index contributed by atoms with van der Waals surface area (Å²) >= 11 is 7.58. The van der Waals surface area contributed by atoms with Crippen LogP contribution in [0.4, 0.5) is 0 Å². The zero-order valence-corrected chi connectivity index (χ0v) is 14.7. The van der Waals surface area contributed by atoms with E-state index >= 15 is 0 Å². The van der Waals surface area contributed by atoms with E-state index in [9.17, 15) is 4.79 Å². The molecule has 1 atom stereocenters. The number of thioether (sulfide) groups is 1. The van der Waals surface area contributed by atoms with Gasteiger partial charge in [-0.05, 0) is 51.5 Å². The highest BCUT2D eigenvalue weighted by molar-refractivity contribution is 7.99. The minimum absolute atomic E-state index is 0.179. The zero-order chi connectivity index (χ0) is 15.9. The number of rotatable bonds is 7. The van der Waals surface area contributed by atoms with Gasteiger partial charge in [0.25, 0.3) is 0 Å². The van der Waals surface area contributed by atoms with Crippen molar-refractivity contribution in [1.82, 2.24) is 5.32 Å². The molecule has 0 aliphatic carbocycles. The van der Waals surface area contributed by atoms with Crippen molar-refractivity contribution in [3.8, 4) is 0 Å². The van der Waals surface area contributed by atoms with Crippen LogP contribution in [0.15, 0.2) is 29.2 Å². The smallest absolute Gasteiger partial charge is 0.323 e. The Labute approximate surface area is 136 Å². The van der Waals surface area contributed by atoms with Crippen LogP contribution in [-0.2, 0) is 9.53 Å². The lowest BCUT2D eigenvalue weighted by atomic mass is 10.1. The molecule has 0 aliphatic rings. The molecule has 0 aromatic heterocycles. The summed E-state index contributed by atoms with van der Waals surface area (Å²) in [5.41, 5.74) is -0.440. The molecule has 1 unspecified atom stereocenters. The minimum Gasteiger partial charge on any atom is -0.459 e. The molecule has 1 aromatic rings. The van der Waals surface area contributed by atoms with Crippen LogP contribution in [0.5, 0.6) is 0 Å². The van der Waals surface area contributed by atoms with Crippen molar-refractivity contribution in [3.63, 3.8) is 0 Å². The molecule has 0 saturated carbocycles. The van der Waals surface area contributed by atoms with Gasteiger partial charge in [-0.15, -0.1) is 11.8 Å². The predicted octanol–water partition coefficient (Wildman–Crippen LogP) is 4.14. The first-order valence-corrected chi connectivity index (χ1v) is 8.53. The van der Waals surface area contributed by atoms with Crippen molar-refractivity contribution >= 4 is 29.3 Å². The number of hydrogen-bond acceptors (Lipinski definition) is 4. The van der Waals surface area contributed by atoms with Gasteiger partial charge in [-0.25, -0.2) is 0 Å². The first-order valence-electron chi connectivity index (χ1n) is 7.16. The Morgan fingerprint density at radius 1 is 1.33 bits per heavy atom. The average Bonchev–Trinajstić information content (AvgIpc) is 2.38. The van der Waals surface area contributed by atoms with E-state index in [2.05, 4.69) is 5.32 Å². The summed E-state index contributed by atoms with van der Waals surface area (Å²) in [6.07, 6.45) is 0.723. The maximum absolute atomic E-state index is 12.0. The molecule has 1 aromatic carbocycles. The van der Waals surface area contributed by atoms with E-state index in [-0.39, 0.29) is 12.0 Å². The molecule has 5 heteroatoms. The number of benzene rings is 1. The van der Waals surface area contributed by atoms with Crippen molar-refractivity contribution in [2.75, 3.05) is 12.3 Å². The molecular weight excluding hydrogens is 306 g/mol. The number of esters is 1. The van der Waals surface area contributed by atoms with Gasteiger partial charge in [0, 0.05) is 22.2 Å². The maximum atomic E-state index is 12.0. The third-order valence-electron chi connectivity index (χ3n) is 2.67. The molecule has 0 fully saturated rings. The van der Waals surface area contributed by atoms with Crippen LogP contribution >= 0.6 is 23.4 Å². The number of carbonyl (C=O) groups excluding carboxylic acids is 1. The van der Waals surface area contributed by atoms with E-state index in [1.807, 2.05) is 52.0 Å². The summed E-state index contributed by atoms with van der Waals surface area (Å²) in [6.45, 7) is 8.38. The highest BCUT2D eigenvalue weighted by atomic mass is 35.5. The van der Waals surface area contributed by atoms with Crippen LogP contribution in [-0.4, -0.2) is 29.9 Å². The highest BCUT2D eigenvalue weighted by Crippen LogP contribution is 2.19. The van der Waals surface area contributed by atoms with Crippen LogP contribution in [0, 0.1) is 0 Å². The van der Waals surface area contributed by atoms with Gasteiger partial charge in [0.05, 0.1) is 0 Å². The van der Waals surface area contributed by atoms with Crippen molar-refractivity contribution in [3.05, 3.63) is 29.3 Å². The molecule has 0 radical (unpaired) electrons. The van der Waals surface area contributed by atoms with Crippen molar-refractivity contribution in [1.29, 1.82) is 0 Å². The maximum Gasteiger partial charge on any atom is 0.323 e. The van der Waals surface area contributed by atoms with E-state index < -0.39 is 5.60 Å². The van der Waals surface area contributed by atoms with Gasteiger partial charge >= 0.3 is 5.97 Å². The van der Waals surface area contributed by atoms with Gasteiger partial charge in [-0.2, -0.15) is 0 Å². The zero-order valence-electron chi connectivity index (χ0n) is 13.1. The van der Waals surface area contributed by atoms with Gasteiger partial charge in [-0.1, -0.05) is 18.5 Å². The second-order valence-corrected chi connectivity index (χ2v) is 7.36. The molecular formula is C16H24ClNO2S. The summed E-state index contributed by atoms with van der Waals surface area (Å²) in [4.78, 5) is 13.2. The van der Waals surface area contributed by atoms with E-state index in [1.165, 1.54) is 4.90 Å². The number of carbonyl (C=O) groups is 1. The quantitative estimate of drug-likeness (QED) is 0.463. The van der Waals surface area contributed by atoms with Gasteiger partial charge in [0.1, 0.15) is 11.6 Å². The molecule has 1 rings (SSSR count). The standard InChI is InChI=1S/C16H24ClNO2S/c1-5-14(15(19)20-16(2,3)4)18-10-11-21-13-8-6-12(17)7-9-13/h6-9,14,18H,5,10-11H2,1-4H3. The third kappa shape index (κ3) is 7.74. The van der Waals surface area contributed by atoms with E-state index in [1.54, 1.807) is 11.8 Å². The largest absolute Gasteiger partial charge is 0.459 e. The normalized spacial score (nSPS) is 13.0. The summed E-state index contributed by atoms with van der Waals surface area (Å²) in [5.74, 6) is 0.711. The Morgan fingerprint density at radius 2 is 1.95 bits per heavy atom. The van der Waals surface area contributed by atoms with Crippen LogP contribution < -0.4 is 5.32 Å². The average molecular weight is 330 g/mol. The van der Waals surface area contributed by atoms with E-state index in [4.69, 9.17) is 16.3 Å². The number of nitrogens with one attached hydrogen (secondary N) is 1. The number of hydrogen-bond donors (Lipinski definition) is 1. The number of ether oxygens (including phenoxy) is 1. The Balaban J connectivity index is 2.32. The summed E-state index contributed by atoms with van der Waals surface area (Å²) in [6, 6.07) is 7.52. The fourth-order valence-electron chi connectivity index (χ4n) is 1.70. The van der Waals surface area contributed by atoms with Gasteiger partial charge in [0.15, 0.2) is 0 Å². The lowest BCUT2D eigenvalue weighted by Gasteiger charge is -2.24. The topological polar surface area (TPSA) is 38.3 Å². The van der Waals surface area contributed by atoms with Crippen molar-refractivity contribution < 1.29 is 9.53 Å². The summed E-state index contributed by atoms with van der Waals surface area (Å²) in [7, 11) is 0. The van der Waals surface area contributed by atoms with Gasteiger partial charge < -0.3 is 10.1 Å². The van der Waals surface area contributed by atoms with Crippen LogP contribution in [0.3, 0.4) is 0 Å². The first-order chi connectivity index (χ1) is 9.81. The predicted molar refractivity (Wildman–Crippen MR) is 90.1 cm³/mol. The molecule has 118 valence electrons. The molecule has 1 N–H and O–H groups in total. The minimum atomic E-state index is -0.440. The molecule has 21 heavy (non-hydrogen) atoms. The second kappa shape index (κ2) is 8.66. The molecule has 0 bridgehead atoms. The van der Waals surface area contributed by atoms with Crippen LogP contribution in [0.2, 0.25) is 5.02 Å². The third-order valence-corrected chi connectivity index (χ3v) is 3.94. The van der Waals surface area contributed by atoms with Crippen LogP contribution in [0.1, 0.15) is 34.1 Å². The Morgan fingerprint density at radius 3 is 2.48 bits per heavy atom. The van der Waals surface area contributed by atoms with E-state index in [0.717, 1.165) is 23.7 Å². The van der Waals surface area contributed by atoms with E-state index in [0.29, 0.717) is 0 Å². The van der Waals surface area contributed by atoms with Crippen molar-refractivity contribution in [2.24, 2.45) is 0 Å². The van der Waals surface area contributed by atoms with Gasteiger partial charge in [-0.3, -0.25) is 4.79 Å². The SMILES string of the molecule is CCC(NCCSc1ccc(Cl)cc1)C(=O)OC(C)(C)C. The van der Waals surface area contributed by atoms with Crippen LogP contribution in [0.25, 0.3) is 0 Å². The fourth-order valence-corrected chi connectivity index (χ4v) is 2.61. The Hall–Kier alpha value is -0.710. The highest BCUT2D eigenvalue weighted by Gasteiger charge is 2.23. The molecule has 0 saturated heterocycles. The lowest BCUT2D eigenvalue weighted by molar-refractivity contribution is -0.157. The summed E-state index contributed by atoms with van der Waals surface area (Å²) < 4.78 is 5.40. The molecule has 0 heterocycles. The number of halogens is 1. The fraction of sp³-hybridized carbons (Fsp3) is 0.562. The molecule has 3 nitrogen and oxygen atoms in total. The lowest BCUT2D eigenvalue weighted by Crippen LogP contribution is -2.41. The van der Waals surface area contributed by atoms with Gasteiger partial charge in [0.2, 0.25) is 0 Å². The monoisotopic (exact) mass is 329 g/mol. The Kier molecular flexibility index (Phi) is 7.57. The first kappa shape index (κ1) is 18.3. The molecule has 0 aliphatic heterocycles. The molecule has 0 spiro atoms. The van der Waals surface area contributed by atoms with Crippen molar-refractivity contribution in [2.45, 2.75) is 50.7 Å². The summed E-state index contributed by atoms with van der Waals surface area (Å²) in [5, 5.41) is 4.00.